The third-order valence-corrected chi connectivity index (χ3v) is 3.66. The molecular formula is C18H18N2O3. The first-order chi connectivity index (χ1) is 11.2. The van der Waals surface area contributed by atoms with Crippen LogP contribution >= 0.6 is 0 Å². The van der Waals surface area contributed by atoms with Crippen LogP contribution in [-0.4, -0.2) is 36.3 Å². The van der Waals surface area contributed by atoms with Crippen LogP contribution in [0.2, 0.25) is 0 Å². The summed E-state index contributed by atoms with van der Waals surface area (Å²) in [6, 6.07) is 16.5. The first kappa shape index (κ1) is 15.1. The molecule has 0 radical (unpaired) electrons. The van der Waals surface area contributed by atoms with Gasteiger partial charge in [-0.05, 0) is 30.3 Å². The van der Waals surface area contributed by atoms with E-state index in [4.69, 9.17) is 4.74 Å². The molecule has 0 saturated carbocycles. The topological polar surface area (TPSA) is 58.6 Å². The molecule has 1 aliphatic rings. The predicted octanol–water partition coefficient (Wildman–Crippen LogP) is 2.44. The molecule has 2 aromatic carbocycles. The second-order valence-electron chi connectivity index (χ2n) is 5.34. The molecule has 0 aromatic heterocycles. The Morgan fingerprint density at radius 2 is 1.78 bits per heavy atom. The van der Waals surface area contributed by atoms with Gasteiger partial charge < -0.3 is 15.0 Å². The molecule has 1 heterocycles. The summed E-state index contributed by atoms with van der Waals surface area (Å²) in [5.74, 6) is 1.24. The molecule has 23 heavy (non-hydrogen) atoms. The maximum Gasteiger partial charge on any atom is 0.254 e. The van der Waals surface area contributed by atoms with Crippen molar-refractivity contribution in [2.75, 3.05) is 19.6 Å². The molecule has 0 bridgehead atoms. The quantitative estimate of drug-likeness (QED) is 0.947. The molecule has 0 aliphatic carbocycles. The lowest BCUT2D eigenvalue weighted by Crippen LogP contribution is -2.34. The number of rotatable bonds is 3. The van der Waals surface area contributed by atoms with E-state index in [1.54, 1.807) is 23.1 Å². The number of nitrogens with zero attached hydrogens (tertiary/aromatic N) is 1. The highest BCUT2D eigenvalue weighted by Gasteiger charge is 2.20. The highest BCUT2D eigenvalue weighted by atomic mass is 16.5. The zero-order valence-corrected chi connectivity index (χ0v) is 12.7. The Hall–Kier alpha value is -2.82. The standard InChI is InChI=1S/C18H18N2O3/c21-17-9-11-20(12-10-19-17)18(22)14-5-4-8-16(13-14)23-15-6-2-1-3-7-15/h1-8,13H,9-12H2,(H,19,21). The molecule has 5 heteroatoms. The summed E-state index contributed by atoms with van der Waals surface area (Å²) in [7, 11) is 0. The van der Waals surface area contributed by atoms with Crippen molar-refractivity contribution in [1.82, 2.24) is 10.2 Å². The predicted molar refractivity (Wildman–Crippen MR) is 86.5 cm³/mol. The molecular weight excluding hydrogens is 292 g/mol. The minimum Gasteiger partial charge on any atom is -0.457 e. The van der Waals surface area contributed by atoms with Gasteiger partial charge in [0.2, 0.25) is 5.91 Å². The second-order valence-corrected chi connectivity index (χ2v) is 5.34. The Morgan fingerprint density at radius 1 is 1.00 bits per heavy atom. The molecule has 5 nitrogen and oxygen atoms in total. The van der Waals surface area contributed by atoms with E-state index < -0.39 is 0 Å². The maximum absolute atomic E-state index is 12.6. The van der Waals surface area contributed by atoms with Crippen molar-refractivity contribution >= 4 is 11.8 Å². The van der Waals surface area contributed by atoms with Crippen LogP contribution in [0.3, 0.4) is 0 Å². The van der Waals surface area contributed by atoms with Crippen LogP contribution in [0.15, 0.2) is 54.6 Å². The number of carbonyl (C=O) groups is 2. The summed E-state index contributed by atoms with van der Waals surface area (Å²) in [6.07, 6.45) is 0.339. The molecule has 1 aliphatic heterocycles. The number of para-hydroxylation sites is 1. The number of amides is 2. The molecule has 0 unspecified atom stereocenters. The Morgan fingerprint density at radius 3 is 2.61 bits per heavy atom. The van der Waals surface area contributed by atoms with Gasteiger partial charge in [-0.3, -0.25) is 9.59 Å². The van der Waals surface area contributed by atoms with Crippen molar-refractivity contribution in [3.05, 3.63) is 60.2 Å². The van der Waals surface area contributed by atoms with E-state index in [1.165, 1.54) is 0 Å². The van der Waals surface area contributed by atoms with E-state index in [-0.39, 0.29) is 11.8 Å². The molecule has 3 rings (SSSR count). The zero-order chi connectivity index (χ0) is 16.1. The van der Waals surface area contributed by atoms with Crippen LogP contribution in [-0.2, 0) is 4.79 Å². The van der Waals surface area contributed by atoms with Crippen molar-refractivity contribution in [3.8, 4) is 11.5 Å². The minimum absolute atomic E-state index is 0.0125. The van der Waals surface area contributed by atoms with Gasteiger partial charge in [-0.2, -0.15) is 0 Å². The van der Waals surface area contributed by atoms with Crippen LogP contribution in [0.25, 0.3) is 0 Å². The molecule has 2 aromatic rings. The molecule has 2 amide bonds. The van der Waals surface area contributed by atoms with Gasteiger partial charge in [0, 0.05) is 31.6 Å². The first-order valence-corrected chi connectivity index (χ1v) is 7.61. The van der Waals surface area contributed by atoms with Crippen molar-refractivity contribution in [2.45, 2.75) is 6.42 Å². The van der Waals surface area contributed by atoms with Crippen molar-refractivity contribution < 1.29 is 14.3 Å². The molecule has 118 valence electrons. The first-order valence-electron chi connectivity index (χ1n) is 7.61. The van der Waals surface area contributed by atoms with Crippen LogP contribution < -0.4 is 10.1 Å². The fraction of sp³-hybridized carbons (Fsp3) is 0.222. The zero-order valence-electron chi connectivity index (χ0n) is 12.7. The smallest absolute Gasteiger partial charge is 0.254 e. The van der Waals surface area contributed by atoms with E-state index >= 15 is 0 Å². The SMILES string of the molecule is O=C1CCN(C(=O)c2cccc(Oc3ccccc3)c2)CCN1. The average molecular weight is 310 g/mol. The third-order valence-electron chi connectivity index (χ3n) is 3.66. The summed E-state index contributed by atoms with van der Waals surface area (Å²) in [4.78, 5) is 25.7. The fourth-order valence-electron chi connectivity index (χ4n) is 2.47. The lowest BCUT2D eigenvalue weighted by atomic mass is 10.2. The lowest BCUT2D eigenvalue weighted by Gasteiger charge is -2.19. The number of nitrogens with one attached hydrogen (secondary N) is 1. The number of hydrogen-bond donors (Lipinski definition) is 1. The van der Waals surface area contributed by atoms with E-state index in [2.05, 4.69) is 5.32 Å². The van der Waals surface area contributed by atoms with Gasteiger partial charge in [0.1, 0.15) is 11.5 Å². The number of benzene rings is 2. The maximum atomic E-state index is 12.6. The molecule has 0 atom stereocenters. The molecule has 0 spiro atoms. The number of ether oxygens (including phenoxy) is 1. The number of carbonyl (C=O) groups excluding carboxylic acids is 2. The number of hydrogen-bond acceptors (Lipinski definition) is 3. The van der Waals surface area contributed by atoms with Crippen molar-refractivity contribution in [3.63, 3.8) is 0 Å². The Balaban J connectivity index is 1.73. The summed E-state index contributed by atoms with van der Waals surface area (Å²) in [5.41, 5.74) is 0.563. The van der Waals surface area contributed by atoms with Gasteiger partial charge in [-0.1, -0.05) is 24.3 Å². The minimum atomic E-state index is -0.0833. The van der Waals surface area contributed by atoms with E-state index in [1.807, 2.05) is 36.4 Å². The molecule has 1 saturated heterocycles. The summed E-state index contributed by atoms with van der Waals surface area (Å²) >= 11 is 0. The Kier molecular flexibility index (Phi) is 4.57. The monoisotopic (exact) mass is 310 g/mol. The van der Waals surface area contributed by atoms with Crippen LogP contribution in [0.4, 0.5) is 0 Å². The van der Waals surface area contributed by atoms with Gasteiger partial charge in [0.25, 0.3) is 5.91 Å². The van der Waals surface area contributed by atoms with E-state index in [0.29, 0.717) is 37.4 Å². The van der Waals surface area contributed by atoms with Crippen LogP contribution in [0, 0.1) is 0 Å². The normalized spacial score (nSPS) is 14.8. The summed E-state index contributed by atoms with van der Waals surface area (Å²) in [6.45, 7) is 1.45. The van der Waals surface area contributed by atoms with E-state index in [9.17, 15) is 9.59 Å². The highest BCUT2D eigenvalue weighted by Crippen LogP contribution is 2.22. The van der Waals surface area contributed by atoms with Crippen molar-refractivity contribution in [2.24, 2.45) is 0 Å². The van der Waals surface area contributed by atoms with Gasteiger partial charge in [-0.15, -0.1) is 0 Å². The molecule has 1 fully saturated rings. The van der Waals surface area contributed by atoms with Crippen LogP contribution in [0.5, 0.6) is 11.5 Å². The van der Waals surface area contributed by atoms with E-state index in [0.717, 1.165) is 5.75 Å². The summed E-state index contributed by atoms with van der Waals surface area (Å²) in [5, 5.41) is 2.77. The third kappa shape index (κ3) is 3.88. The van der Waals surface area contributed by atoms with Gasteiger partial charge in [0.15, 0.2) is 0 Å². The van der Waals surface area contributed by atoms with Crippen molar-refractivity contribution in [1.29, 1.82) is 0 Å². The highest BCUT2D eigenvalue weighted by molar-refractivity contribution is 5.95. The summed E-state index contributed by atoms with van der Waals surface area (Å²) < 4.78 is 5.76. The van der Waals surface area contributed by atoms with Gasteiger partial charge >= 0.3 is 0 Å². The average Bonchev–Trinajstić information content (AvgIpc) is 2.80. The van der Waals surface area contributed by atoms with Crippen LogP contribution in [0.1, 0.15) is 16.8 Å². The van der Waals surface area contributed by atoms with Gasteiger partial charge in [-0.25, -0.2) is 0 Å². The van der Waals surface area contributed by atoms with Gasteiger partial charge in [0.05, 0.1) is 0 Å². The Labute approximate surface area is 134 Å². The largest absolute Gasteiger partial charge is 0.457 e. The fourth-order valence-corrected chi connectivity index (χ4v) is 2.47. The molecule has 1 N–H and O–H groups in total. The lowest BCUT2D eigenvalue weighted by molar-refractivity contribution is -0.120. The second kappa shape index (κ2) is 6.96. The Bertz CT molecular complexity index is 700.